The Morgan fingerprint density at radius 3 is 2.47 bits per heavy atom. The number of fused-ring (bicyclic) bond motifs is 3. The Morgan fingerprint density at radius 1 is 1.03 bits per heavy atom. The van der Waals surface area contributed by atoms with Crippen molar-refractivity contribution in [1.29, 1.82) is 0 Å². The third-order valence-electron chi connectivity index (χ3n) is 6.05. The molecule has 5 rings (SSSR count). The Bertz CT molecular complexity index is 1400. The molecule has 0 amide bonds. The van der Waals surface area contributed by atoms with Crippen LogP contribution in [0.4, 0.5) is 11.6 Å². The summed E-state index contributed by atoms with van der Waals surface area (Å²) in [4.78, 5) is 33.5. The Balaban J connectivity index is 1.65. The van der Waals surface area contributed by atoms with Crippen LogP contribution in [-0.4, -0.2) is 25.2 Å². The fourth-order valence-corrected chi connectivity index (χ4v) is 4.69. The van der Waals surface area contributed by atoms with Gasteiger partial charge in [-0.15, -0.1) is 0 Å². The fraction of sp³-hybridized carbons (Fsp3) is 0.292. The lowest BCUT2D eigenvalue weighted by atomic mass is 10.1. The van der Waals surface area contributed by atoms with E-state index in [-0.39, 0.29) is 11.2 Å². The third kappa shape index (κ3) is 3.48. The molecule has 2 aromatic carbocycles. The van der Waals surface area contributed by atoms with Gasteiger partial charge in [-0.2, -0.15) is 4.98 Å². The number of nitrogens with zero attached hydrogens (tertiary/aromatic N) is 5. The molecular weight excluding hydrogens is 470 g/mol. The van der Waals surface area contributed by atoms with Crippen molar-refractivity contribution < 1.29 is 0 Å². The van der Waals surface area contributed by atoms with Crippen LogP contribution in [-0.2, 0) is 26.6 Å². The summed E-state index contributed by atoms with van der Waals surface area (Å²) in [5.41, 5.74) is 2.41. The van der Waals surface area contributed by atoms with Crippen molar-refractivity contribution in [2.24, 2.45) is 13.0 Å². The van der Waals surface area contributed by atoms with Crippen molar-refractivity contribution in [3.63, 3.8) is 0 Å². The standard InChI is InChI=1S/C24H24BrN5O2/c1-16-14-29(19-10-8-18(25)9-11-19)23-26-21-20(30(23)15-16)22(31)28(24(32)27(21)2)13-12-17-6-4-3-5-7-17/h3-11,16H,12-15H2,1-2H3. The maximum Gasteiger partial charge on any atom is 0.332 e. The normalized spacial score (nSPS) is 15.8. The first kappa shape index (κ1) is 20.8. The molecule has 0 saturated heterocycles. The summed E-state index contributed by atoms with van der Waals surface area (Å²) in [5, 5.41) is 0. The summed E-state index contributed by atoms with van der Waals surface area (Å²) >= 11 is 3.49. The van der Waals surface area contributed by atoms with Gasteiger partial charge in [0.25, 0.3) is 5.56 Å². The zero-order valence-corrected chi connectivity index (χ0v) is 19.6. The molecule has 164 valence electrons. The molecule has 0 spiro atoms. The summed E-state index contributed by atoms with van der Waals surface area (Å²) < 4.78 is 5.82. The highest BCUT2D eigenvalue weighted by Crippen LogP contribution is 2.33. The second-order valence-electron chi connectivity index (χ2n) is 8.42. The first-order chi connectivity index (χ1) is 15.4. The van der Waals surface area contributed by atoms with Crippen molar-refractivity contribution in [2.45, 2.75) is 26.4 Å². The molecule has 4 aromatic rings. The summed E-state index contributed by atoms with van der Waals surface area (Å²) in [6, 6.07) is 17.9. The average Bonchev–Trinajstić information content (AvgIpc) is 3.18. The Hall–Kier alpha value is -3.13. The zero-order chi connectivity index (χ0) is 22.4. The number of aromatic nitrogens is 4. The summed E-state index contributed by atoms with van der Waals surface area (Å²) in [6.07, 6.45) is 0.615. The van der Waals surface area contributed by atoms with Crippen LogP contribution >= 0.6 is 15.9 Å². The maximum absolute atomic E-state index is 13.5. The third-order valence-corrected chi connectivity index (χ3v) is 6.58. The van der Waals surface area contributed by atoms with E-state index in [9.17, 15) is 9.59 Å². The largest absolute Gasteiger partial charge is 0.332 e. The lowest BCUT2D eigenvalue weighted by Crippen LogP contribution is -2.40. The van der Waals surface area contributed by atoms with Gasteiger partial charge in [0, 0.05) is 36.8 Å². The Labute approximate surface area is 193 Å². The van der Waals surface area contributed by atoms with Gasteiger partial charge in [0.15, 0.2) is 11.2 Å². The average molecular weight is 494 g/mol. The molecule has 7 nitrogen and oxygen atoms in total. The van der Waals surface area contributed by atoms with Crippen LogP contribution in [0.5, 0.6) is 0 Å². The van der Waals surface area contributed by atoms with E-state index in [1.165, 1.54) is 9.13 Å². The van der Waals surface area contributed by atoms with Crippen LogP contribution in [0.25, 0.3) is 11.2 Å². The molecule has 32 heavy (non-hydrogen) atoms. The van der Waals surface area contributed by atoms with Crippen molar-refractivity contribution in [3.05, 3.63) is 85.5 Å². The molecule has 0 N–H and O–H groups in total. The van der Waals surface area contributed by atoms with Gasteiger partial charge in [-0.05, 0) is 42.2 Å². The monoisotopic (exact) mass is 493 g/mol. The topological polar surface area (TPSA) is 65.1 Å². The molecule has 3 heterocycles. The van der Waals surface area contributed by atoms with Crippen LogP contribution in [0.15, 0.2) is 68.7 Å². The predicted octanol–water partition coefficient (Wildman–Crippen LogP) is 3.69. The van der Waals surface area contributed by atoms with E-state index < -0.39 is 0 Å². The molecule has 1 atom stereocenters. The number of imidazole rings is 1. The lowest BCUT2D eigenvalue weighted by molar-refractivity contribution is 0.457. The molecule has 1 aliphatic heterocycles. The SMILES string of the molecule is CC1CN(c2ccc(Br)cc2)c2nc3c(c(=O)n(CCc4ccccc4)c(=O)n3C)n2C1. The number of hydrogen-bond acceptors (Lipinski definition) is 4. The van der Waals surface area contributed by atoms with E-state index in [2.05, 4.69) is 27.8 Å². The van der Waals surface area contributed by atoms with E-state index in [0.717, 1.165) is 22.3 Å². The molecule has 1 aliphatic rings. The van der Waals surface area contributed by atoms with Gasteiger partial charge in [0.05, 0.1) is 0 Å². The van der Waals surface area contributed by atoms with Gasteiger partial charge in [-0.3, -0.25) is 13.9 Å². The second kappa shape index (κ2) is 8.09. The molecule has 2 aromatic heterocycles. The summed E-state index contributed by atoms with van der Waals surface area (Å²) in [6.45, 7) is 3.97. The molecular formula is C24H24BrN5O2. The van der Waals surface area contributed by atoms with Gasteiger partial charge in [-0.25, -0.2) is 4.79 Å². The van der Waals surface area contributed by atoms with Crippen LogP contribution in [0, 0.1) is 5.92 Å². The minimum Gasteiger partial charge on any atom is -0.312 e. The Morgan fingerprint density at radius 2 is 1.75 bits per heavy atom. The molecule has 0 aliphatic carbocycles. The molecule has 1 unspecified atom stereocenters. The molecule has 0 saturated carbocycles. The van der Waals surface area contributed by atoms with E-state index >= 15 is 0 Å². The number of aryl methyl sites for hydroxylation is 2. The Kier molecular flexibility index (Phi) is 5.25. The smallest absolute Gasteiger partial charge is 0.312 e. The van der Waals surface area contributed by atoms with Gasteiger partial charge in [0.2, 0.25) is 5.95 Å². The predicted molar refractivity (Wildman–Crippen MR) is 130 cm³/mol. The quantitative estimate of drug-likeness (QED) is 0.434. The van der Waals surface area contributed by atoms with E-state index in [4.69, 9.17) is 4.98 Å². The van der Waals surface area contributed by atoms with Gasteiger partial charge < -0.3 is 9.47 Å². The first-order valence-corrected chi connectivity index (χ1v) is 11.5. The molecule has 8 heteroatoms. The number of hydrogen-bond donors (Lipinski definition) is 0. The number of rotatable bonds is 4. The fourth-order valence-electron chi connectivity index (χ4n) is 4.43. The first-order valence-electron chi connectivity index (χ1n) is 10.7. The van der Waals surface area contributed by atoms with E-state index in [1.54, 1.807) is 7.05 Å². The number of anilines is 2. The highest BCUT2D eigenvalue weighted by molar-refractivity contribution is 9.10. The van der Waals surface area contributed by atoms with Crippen molar-refractivity contribution in [3.8, 4) is 0 Å². The van der Waals surface area contributed by atoms with E-state index in [1.807, 2.05) is 59.2 Å². The van der Waals surface area contributed by atoms with Crippen molar-refractivity contribution in [1.82, 2.24) is 18.7 Å². The number of benzene rings is 2. The minimum absolute atomic E-state index is 0.275. The van der Waals surface area contributed by atoms with Crippen LogP contribution < -0.4 is 16.1 Å². The number of halogens is 1. The maximum atomic E-state index is 13.5. The molecule has 0 bridgehead atoms. The van der Waals surface area contributed by atoms with Gasteiger partial charge in [0.1, 0.15) is 0 Å². The van der Waals surface area contributed by atoms with Crippen molar-refractivity contribution >= 4 is 38.7 Å². The molecule has 0 fully saturated rings. The van der Waals surface area contributed by atoms with E-state index in [0.29, 0.717) is 42.5 Å². The van der Waals surface area contributed by atoms with Gasteiger partial charge >= 0.3 is 5.69 Å². The van der Waals surface area contributed by atoms with Crippen LogP contribution in [0.1, 0.15) is 12.5 Å². The van der Waals surface area contributed by atoms with Gasteiger partial charge in [-0.1, -0.05) is 53.2 Å². The second-order valence-corrected chi connectivity index (χ2v) is 9.34. The minimum atomic E-state index is -0.336. The highest BCUT2D eigenvalue weighted by atomic mass is 79.9. The summed E-state index contributed by atoms with van der Waals surface area (Å²) in [7, 11) is 1.69. The lowest BCUT2D eigenvalue weighted by Gasteiger charge is -2.33. The zero-order valence-electron chi connectivity index (χ0n) is 18.0. The van der Waals surface area contributed by atoms with Crippen LogP contribution in [0.3, 0.4) is 0 Å². The summed E-state index contributed by atoms with van der Waals surface area (Å²) in [5.74, 6) is 1.02. The van der Waals surface area contributed by atoms with Crippen molar-refractivity contribution in [2.75, 3.05) is 11.4 Å². The molecule has 0 radical (unpaired) electrons. The van der Waals surface area contributed by atoms with Crippen LogP contribution in [0.2, 0.25) is 0 Å². The highest BCUT2D eigenvalue weighted by Gasteiger charge is 2.29.